The molecule has 0 aliphatic carbocycles. The lowest BCUT2D eigenvalue weighted by molar-refractivity contribution is 0.252. The topological polar surface area (TPSA) is 70.6 Å². The summed E-state index contributed by atoms with van der Waals surface area (Å²) >= 11 is 0. The van der Waals surface area contributed by atoms with E-state index in [0.29, 0.717) is 18.8 Å². The molecule has 2 amide bonds. The van der Waals surface area contributed by atoms with Crippen LogP contribution in [-0.2, 0) is 17.7 Å². The zero-order valence-corrected chi connectivity index (χ0v) is 14.2. The summed E-state index contributed by atoms with van der Waals surface area (Å²) in [5.41, 5.74) is 3.69. The van der Waals surface area contributed by atoms with Crippen molar-refractivity contribution in [2.45, 2.75) is 32.3 Å². The first-order chi connectivity index (χ1) is 12.2. The lowest BCUT2D eigenvalue weighted by Gasteiger charge is -2.09. The van der Waals surface area contributed by atoms with Crippen LogP contribution in [0.3, 0.4) is 0 Å². The van der Waals surface area contributed by atoms with Crippen molar-refractivity contribution >= 4 is 24.3 Å². The van der Waals surface area contributed by atoms with E-state index in [1.807, 2.05) is 18.2 Å². The number of amides is 2. The minimum atomic E-state index is -0.899. The van der Waals surface area contributed by atoms with Crippen LogP contribution in [0.15, 0.2) is 48.5 Å². The lowest BCUT2D eigenvalue weighted by Crippen LogP contribution is -2.31. The number of hydrogen-bond donors (Lipinski definition) is 3. The molecule has 0 atom stereocenters. The molecule has 2 aromatic rings. The van der Waals surface area contributed by atoms with Gasteiger partial charge in [0.25, 0.3) is 0 Å². The molecule has 1 aliphatic rings. The molecule has 1 heterocycles. The zero-order chi connectivity index (χ0) is 17.5. The smallest absolute Gasteiger partial charge is 0.423 e. The van der Waals surface area contributed by atoms with Gasteiger partial charge in [-0.3, -0.25) is 0 Å². The molecule has 0 saturated carbocycles. The van der Waals surface area contributed by atoms with Gasteiger partial charge in [0.15, 0.2) is 0 Å². The predicted molar refractivity (Wildman–Crippen MR) is 99.9 cm³/mol. The summed E-state index contributed by atoms with van der Waals surface area (Å²) in [5.74, 6) is 0. The number of unbranched alkanes of at least 4 members (excludes halogenated alkanes) is 2. The van der Waals surface area contributed by atoms with Gasteiger partial charge >= 0.3 is 13.1 Å². The predicted octanol–water partition coefficient (Wildman–Crippen LogP) is 2.44. The van der Waals surface area contributed by atoms with Crippen molar-refractivity contribution in [2.75, 3.05) is 11.9 Å². The summed E-state index contributed by atoms with van der Waals surface area (Å²) in [6.07, 6.45) is 4.23. The van der Waals surface area contributed by atoms with Gasteiger partial charge < -0.3 is 20.3 Å². The lowest BCUT2D eigenvalue weighted by atomic mass is 9.79. The SMILES string of the molecule is O=C(NCCCCCc1ccccc1)Nc1ccc2c(c1)B(O)OC2. The van der Waals surface area contributed by atoms with Crippen LogP contribution < -0.4 is 16.1 Å². The molecule has 2 aromatic carbocycles. The van der Waals surface area contributed by atoms with Crippen LogP contribution >= 0.6 is 0 Å². The number of benzene rings is 2. The van der Waals surface area contributed by atoms with Crippen LogP contribution in [0.4, 0.5) is 10.5 Å². The summed E-state index contributed by atoms with van der Waals surface area (Å²) in [5, 5.41) is 15.4. The Bertz CT molecular complexity index is 709. The van der Waals surface area contributed by atoms with Gasteiger partial charge in [-0.05, 0) is 48.0 Å². The van der Waals surface area contributed by atoms with Crippen molar-refractivity contribution in [1.29, 1.82) is 0 Å². The van der Waals surface area contributed by atoms with Crippen molar-refractivity contribution in [2.24, 2.45) is 0 Å². The second-order valence-corrected chi connectivity index (χ2v) is 6.25. The third-order valence-corrected chi connectivity index (χ3v) is 4.34. The quantitative estimate of drug-likeness (QED) is 0.536. The Balaban J connectivity index is 1.33. The third kappa shape index (κ3) is 5.08. The number of nitrogens with one attached hydrogen (secondary N) is 2. The maximum absolute atomic E-state index is 11.9. The van der Waals surface area contributed by atoms with Crippen LogP contribution in [0.2, 0.25) is 0 Å². The normalized spacial score (nSPS) is 12.8. The van der Waals surface area contributed by atoms with Crippen molar-refractivity contribution in [1.82, 2.24) is 5.32 Å². The molecule has 0 bridgehead atoms. The zero-order valence-electron chi connectivity index (χ0n) is 14.2. The second kappa shape index (κ2) is 8.69. The van der Waals surface area contributed by atoms with E-state index in [4.69, 9.17) is 4.65 Å². The number of carbonyl (C=O) groups is 1. The van der Waals surface area contributed by atoms with E-state index >= 15 is 0 Å². The van der Waals surface area contributed by atoms with E-state index in [1.165, 1.54) is 5.56 Å². The highest BCUT2D eigenvalue weighted by Gasteiger charge is 2.27. The standard InChI is InChI=1S/C19H23BN2O3/c23-19(21-12-6-2-5-9-15-7-3-1-4-8-15)22-17-11-10-16-14-25-20(24)18(16)13-17/h1,3-4,7-8,10-11,13,24H,2,5-6,9,12,14H2,(H2,21,22,23). The third-order valence-electron chi connectivity index (χ3n) is 4.34. The highest BCUT2D eigenvalue weighted by atomic mass is 16.5. The molecule has 3 rings (SSSR count). The van der Waals surface area contributed by atoms with Crippen molar-refractivity contribution < 1.29 is 14.5 Å². The fourth-order valence-electron chi connectivity index (χ4n) is 2.95. The Morgan fingerprint density at radius 3 is 2.80 bits per heavy atom. The van der Waals surface area contributed by atoms with E-state index in [2.05, 4.69) is 34.9 Å². The maximum atomic E-state index is 11.9. The molecular formula is C19H23BN2O3. The molecule has 1 aliphatic heterocycles. The van der Waals surface area contributed by atoms with Crippen molar-refractivity contribution in [3.8, 4) is 0 Å². The summed E-state index contributed by atoms with van der Waals surface area (Å²) in [4.78, 5) is 11.9. The molecule has 130 valence electrons. The number of hydrogen-bond acceptors (Lipinski definition) is 3. The molecule has 6 heteroatoms. The molecule has 0 aromatic heterocycles. The van der Waals surface area contributed by atoms with E-state index in [0.717, 1.165) is 36.7 Å². The number of rotatable bonds is 7. The summed E-state index contributed by atoms with van der Waals surface area (Å²) < 4.78 is 5.14. The number of anilines is 1. The van der Waals surface area contributed by atoms with Gasteiger partial charge in [-0.15, -0.1) is 0 Å². The Kier molecular flexibility index (Phi) is 6.09. The van der Waals surface area contributed by atoms with Crippen LogP contribution in [0.25, 0.3) is 0 Å². The molecular weight excluding hydrogens is 315 g/mol. The van der Waals surface area contributed by atoms with E-state index in [1.54, 1.807) is 6.07 Å². The Hall–Kier alpha value is -2.31. The molecule has 3 N–H and O–H groups in total. The van der Waals surface area contributed by atoms with Gasteiger partial charge in [0, 0.05) is 12.2 Å². The highest BCUT2D eigenvalue weighted by Crippen LogP contribution is 2.14. The fourth-order valence-corrected chi connectivity index (χ4v) is 2.95. The number of carbonyl (C=O) groups excluding carboxylic acids is 1. The van der Waals surface area contributed by atoms with Gasteiger partial charge in [0.1, 0.15) is 0 Å². The molecule has 0 spiro atoms. The number of aryl methyl sites for hydroxylation is 1. The summed E-state index contributed by atoms with van der Waals surface area (Å²) in [6.45, 7) is 1.06. The summed E-state index contributed by atoms with van der Waals surface area (Å²) in [7, 11) is -0.899. The molecule has 0 unspecified atom stereocenters. The first kappa shape index (κ1) is 17.5. The van der Waals surface area contributed by atoms with Gasteiger partial charge in [0.2, 0.25) is 0 Å². The summed E-state index contributed by atoms with van der Waals surface area (Å²) in [6, 6.07) is 15.7. The molecule has 0 fully saturated rings. The minimum absolute atomic E-state index is 0.226. The second-order valence-electron chi connectivity index (χ2n) is 6.25. The van der Waals surface area contributed by atoms with Crippen molar-refractivity contribution in [3.05, 3.63) is 59.7 Å². The van der Waals surface area contributed by atoms with Crippen LogP contribution in [-0.4, -0.2) is 24.7 Å². The Labute approximate surface area is 148 Å². The monoisotopic (exact) mass is 338 g/mol. The van der Waals surface area contributed by atoms with E-state index in [-0.39, 0.29) is 6.03 Å². The maximum Gasteiger partial charge on any atom is 0.491 e. The van der Waals surface area contributed by atoms with Gasteiger partial charge in [0.05, 0.1) is 6.61 Å². The first-order valence-corrected chi connectivity index (χ1v) is 8.73. The van der Waals surface area contributed by atoms with Gasteiger partial charge in [-0.1, -0.05) is 42.8 Å². The fraction of sp³-hybridized carbons (Fsp3) is 0.316. The largest absolute Gasteiger partial charge is 0.491 e. The average Bonchev–Trinajstić information content (AvgIpc) is 2.99. The molecule has 0 saturated heterocycles. The average molecular weight is 338 g/mol. The highest BCUT2D eigenvalue weighted by molar-refractivity contribution is 6.61. The van der Waals surface area contributed by atoms with Gasteiger partial charge in [-0.2, -0.15) is 0 Å². The van der Waals surface area contributed by atoms with Crippen LogP contribution in [0.1, 0.15) is 30.4 Å². The van der Waals surface area contributed by atoms with Crippen LogP contribution in [0, 0.1) is 0 Å². The van der Waals surface area contributed by atoms with E-state index in [9.17, 15) is 9.82 Å². The number of urea groups is 1. The first-order valence-electron chi connectivity index (χ1n) is 8.73. The van der Waals surface area contributed by atoms with E-state index < -0.39 is 7.12 Å². The van der Waals surface area contributed by atoms with Gasteiger partial charge in [-0.25, -0.2) is 4.79 Å². The molecule has 25 heavy (non-hydrogen) atoms. The number of fused-ring (bicyclic) bond motifs is 1. The van der Waals surface area contributed by atoms with Crippen molar-refractivity contribution in [3.63, 3.8) is 0 Å². The Morgan fingerprint density at radius 1 is 1.12 bits per heavy atom. The molecule has 5 nitrogen and oxygen atoms in total. The van der Waals surface area contributed by atoms with Crippen LogP contribution in [0.5, 0.6) is 0 Å². The minimum Gasteiger partial charge on any atom is -0.423 e. The Morgan fingerprint density at radius 2 is 1.96 bits per heavy atom. The molecule has 0 radical (unpaired) electrons.